The van der Waals surface area contributed by atoms with Crippen LogP contribution in [0.4, 0.5) is 5.69 Å². The van der Waals surface area contributed by atoms with Crippen molar-refractivity contribution < 1.29 is 13.2 Å². The van der Waals surface area contributed by atoms with Crippen LogP contribution in [0.5, 0.6) is 0 Å². The first-order valence-electron chi connectivity index (χ1n) is 8.96. The summed E-state index contributed by atoms with van der Waals surface area (Å²) in [5, 5.41) is 3.34. The third-order valence-corrected chi connectivity index (χ3v) is 7.46. The highest BCUT2D eigenvalue weighted by atomic mass is 35.5. The van der Waals surface area contributed by atoms with Crippen molar-refractivity contribution in [2.75, 3.05) is 18.4 Å². The van der Waals surface area contributed by atoms with E-state index >= 15 is 0 Å². The number of nitrogens with one attached hydrogen (secondary N) is 2. The highest BCUT2D eigenvalue weighted by Gasteiger charge is 2.33. The zero-order valence-corrected chi connectivity index (χ0v) is 17.2. The number of benzene rings is 1. The van der Waals surface area contributed by atoms with Gasteiger partial charge in [0.25, 0.3) is 5.91 Å². The molecule has 0 spiro atoms. The maximum Gasteiger partial charge on any atom is 0.272 e. The molecule has 2 N–H and O–H groups in total. The largest absolute Gasteiger partial charge is 0.353 e. The molecular weight excluding hydrogens is 386 g/mol. The number of nitrogens with zero attached hydrogens (tertiary/aromatic N) is 1. The molecule has 6 nitrogen and oxygen atoms in total. The van der Waals surface area contributed by atoms with E-state index in [9.17, 15) is 13.2 Å². The summed E-state index contributed by atoms with van der Waals surface area (Å²) < 4.78 is 27.8. The lowest BCUT2D eigenvalue weighted by molar-refractivity contribution is 0.102. The van der Waals surface area contributed by atoms with Crippen molar-refractivity contribution in [3.05, 3.63) is 46.2 Å². The fraction of sp³-hybridized carbons (Fsp3) is 0.421. The molecule has 0 unspecified atom stereocenters. The van der Waals surface area contributed by atoms with Crippen LogP contribution in [0, 0.1) is 19.8 Å². The third kappa shape index (κ3) is 4.05. The lowest BCUT2D eigenvalue weighted by atomic mass is 10.0. The smallest absolute Gasteiger partial charge is 0.272 e. The van der Waals surface area contributed by atoms with E-state index in [0.29, 0.717) is 41.0 Å². The standard InChI is InChI=1S/C19H24ClN3O3S/c1-12-8-10-23(11-9-12)27(25,26)18-13(2)17(21-14(18)3)19(24)22-16-6-4-15(20)5-7-16/h4-7,12,21H,8-11H2,1-3H3,(H,22,24). The van der Waals surface area contributed by atoms with Gasteiger partial charge in [0.1, 0.15) is 10.6 Å². The highest BCUT2D eigenvalue weighted by molar-refractivity contribution is 7.89. The fourth-order valence-corrected chi connectivity index (χ4v) is 5.43. The van der Waals surface area contributed by atoms with Crippen LogP contribution in [0.15, 0.2) is 29.2 Å². The number of amides is 1. The summed E-state index contributed by atoms with van der Waals surface area (Å²) in [6.45, 7) is 6.51. The van der Waals surface area contributed by atoms with Crippen LogP contribution < -0.4 is 5.32 Å². The molecule has 1 fully saturated rings. The Labute approximate surface area is 165 Å². The summed E-state index contributed by atoms with van der Waals surface area (Å²) in [4.78, 5) is 15.8. The average molecular weight is 410 g/mol. The van der Waals surface area contributed by atoms with Crippen molar-refractivity contribution in [1.29, 1.82) is 0 Å². The summed E-state index contributed by atoms with van der Waals surface area (Å²) in [5.41, 5.74) is 1.77. The average Bonchev–Trinajstić information content (AvgIpc) is 2.92. The van der Waals surface area contributed by atoms with E-state index in [2.05, 4.69) is 17.2 Å². The van der Waals surface area contributed by atoms with E-state index < -0.39 is 10.0 Å². The van der Waals surface area contributed by atoms with Gasteiger partial charge in [0, 0.05) is 29.5 Å². The van der Waals surface area contributed by atoms with Crippen LogP contribution >= 0.6 is 11.6 Å². The zero-order valence-electron chi connectivity index (χ0n) is 15.7. The highest BCUT2D eigenvalue weighted by Crippen LogP contribution is 2.29. The van der Waals surface area contributed by atoms with E-state index in [4.69, 9.17) is 11.6 Å². The van der Waals surface area contributed by atoms with Gasteiger partial charge in [0.2, 0.25) is 10.0 Å². The number of carbonyl (C=O) groups excluding carboxylic acids is 1. The maximum absolute atomic E-state index is 13.1. The van der Waals surface area contributed by atoms with E-state index in [1.807, 2.05) is 0 Å². The van der Waals surface area contributed by atoms with Gasteiger partial charge in [0.15, 0.2) is 0 Å². The first-order chi connectivity index (χ1) is 12.7. The SMILES string of the molecule is Cc1[nH]c(C(=O)Nc2ccc(Cl)cc2)c(C)c1S(=O)(=O)N1CCC(C)CC1. The van der Waals surface area contributed by atoms with Crippen molar-refractivity contribution in [2.24, 2.45) is 5.92 Å². The zero-order chi connectivity index (χ0) is 19.8. The van der Waals surface area contributed by atoms with Gasteiger partial charge in [-0.25, -0.2) is 8.42 Å². The molecule has 0 aliphatic carbocycles. The van der Waals surface area contributed by atoms with Gasteiger partial charge in [0.05, 0.1) is 0 Å². The van der Waals surface area contributed by atoms with Gasteiger partial charge < -0.3 is 10.3 Å². The predicted octanol–water partition coefficient (Wildman–Crippen LogP) is 3.96. The Morgan fingerprint density at radius 1 is 1.19 bits per heavy atom. The Hall–Kier alpha value is -1.83. The number of hydrogen-bond acceptors (Lipinski definition) is 3. The second-order valence-electron chi connectivity index (χ2n) is 7.13. The topological polar surface area (TPSA) is 82.3 Å². The number of aromatic nitrogens is 1. The number of rotatable bonds is 4. The summed E-state index contributed by atoms with van der Waals surface area (Å²) in [6, 6.07) is 6.74. The lowest BCUT2D eigenvalue weighted by Gasteiger charge is -2.29. The van der Waals surface area contributed by atoms with Crippen molar-refractivity contribution in [2.45, 2.75) is 38.5 Å². The molecule has 146 valence electrons. The summed E-state index contributed by atoms with van der Waals surface area (Å²) in [5.74, 6) is 0.150. The Balaban J connectivity index is 1.87. The molecule has 1 aliphatic heterocycles. The molecule has 1 saturated heterocycles. The number of halogens is 1. The molecular formula is C19H24ClN3O3S. The summed E-state index contributed by atoms with van der Waals surface area (Å²) in [6.07, 6.45) is 1.71. The first kappa shape index (κ1) is 19.9. The molecule has 1 aromatic heterocycles. The predicted molar refractivity (Wildman–Crippen MR) is 107 cm³/mol. The number of sulfonamides is 1. The summed E-state index contributed by atoms with van der Waals surface area (Å²) >= 11 is 5.86. The Kier molecular flexibility index (Phi) is 5.65. The van der Waals surface area contributed by atoms with Gasteiger partial charge in [-0.3, -0.25) is 4.79 Å². The minimum Gasteiger partial charge on any atom is -0.353 e. The van der Waals surface area contributed by atoms with Crippen molar-refractivity contribution in [3.8, 4) is 0 Å². The van der Waals surface area contributed by atoms with E-state index in [0.717, 1.165) is 12.8 Å². The second-order valence-corrected chi connectivity index (χ2v) is 9.44. The Morgan fingerprint density at radius 3 is 2.37 bits per heavy atom. The normalized spacial score (nSPS) is 16.4. The van der Waals surface area contributed by atoms with Crippen LogP contribution in [-0.4, -0.2) is 36.7 Å². The quantitative estimate of drug-likeness (QED) is 0.801. The van der Waals surface area contributed by atoms with Gasteiger partial charge in [-0.1, -0.05) is 18.5 Å². The summed E-state index contributed by atoms with van der Waals surface area (Å²) in [7, 11) is -3.63. The lowest BCUT2D eigenvalue weighted by Crippen LogP contribution is -2.38. The van der Waals surface area contributed by atoms with Crippen molar-refractivity contribution >= 4 is 33.2 Å². The van der Waals surface area contributed by atoms with Crippen LogP contribution in [-0.2, 0) is 10.0 Å². The monoisotopic (exact) mass is 409 g/mol. The van der Waals surface area contributed by atoms with Crippen LogP contribution in [0.1, 0.15) is 41.5 Å². The molecule has 2 aromatic rings. The molecule has 3 rings (SSSR count). The molecule has 8 heteroatoms. The number of aromatic amines is 1. The minimum atomic E-state index is -3.63. The maximum atomic E-state index is 13.1. The number of H-pyrrole nitrogens is 1. The Morgan fingerprint density at radius 2 is 1.78 bits per heavy atom. The van der Waals surface area contributed by atoms with Crippen molar-refractivity contribution in [3.63, 3.8) is 0 Å². The van der Waals surface area contributed by atoms with Gasteiger partial charge in [-0.05, 0) is 62.4 Å². The molecule has 1 aliphatic rings. The van der Waals surface area contributed by atoms with Gasteiger partial charge in [-0.2, -0.15) is 4.31 Å². The van der Waals surface area contributed by atoms with Crippen LogP contribution in [0.3, 0.4) is 0 Å². The van der Waals surface area contributed by atoms with E-state index in [1.54, 1.807) is 38.1 Å². The molecule has 27 heavy (non-hydrogen) atoms. The molecule has 0 bridgehead atoms. The minimum absolute atomic E-state index is 0.207. The van der Waals surface area contributed by atoms with Crippen LogP contribution in [0.2, 0.25) is 5.02 Å². The first-order valence-corrected chi connectivity index (χ1v) is 10.8. The molecule has 1 amide bonds. The number of hydrogen-bond donors (Lipinski definition) is 2. The third-order valence-electron chi connectivity index (χ3n) is 5.04. The molecule has 0 radical (unpaired) electrons. The Bertz CT molecular complexity index is 943. The fourth-order valence-electron chi connectivity index (χ4n) is 3.43. The number of aryl methyl sites for hydroxylation is 1. The van der Waals surface area contributed by atoms with Crippen LogP contribution in [0.25, 0.3) is 0 Å². The second kappa shape index (κ2) is 7.66. The molecule has 0 atom stereocenters. The molecule has 2 heterocycles. The number of piperidine rings is 1. The van der Waals surface area contributed by atoms with Gasteiger partial charge >= 0.3 is 0 Å². The van der Waals surface area contributed by atoms with Crippen molar-refractivity contribution in [1.82, 2.24) is 9.29 Å². The molecule has 0 saturated carbocycles. The molecule has 1 aromatic carbocycles. The van der Waals surface area contributed by atoms with E-state index in [-0.39, 0.29) is 16.5 Å². The van der Waals surface area contributed by atoms with Gasteiger partial charge in [-0.15, -0.1) is 0 Å². The van der Waals surface area contributed by atoms with E-state index in [1.165, 1.54) is 4.31 Å². The number of anilines is 1. The number of carbonyl (C=O) groups is 1.